The molecule has 0 aromatic carbocycles. The smallest absolute Gasteiger partial charge is 0.00200 e. The highest BCUT2D eigenvalue weighted by atomic mass is 14.9. The van der Waals surface area contributed by atoms with E-state index >= 15 is 0 Å². The number of nitrogens with two attached hydrogens (primary N) is 1. The second-order valence-electron chi connectivity index (χ2n) is 5.52. The summed E-state index contributed by atoms with van der Waals surface area (Å²) in [5.74, 6) is 1.94. The summed E-state index contributed by atoms with van der Waals surface area (Å²) in [6.07, 6.45) is 6.90. The van der Waals surface area contributed by atoms with Gasteiger partial charge in [0.15, 0.2) is 0 Å². The van der Waals surface area contributed by atoms with E-state index in [1.165, 1.54) is 38.6 Å². The van der Waals surface area contributed by atoms with Gasteiger partial charge >= 0.3 is 0 Å². The van der Waals surface area contributed by atoms with E-state index in [0.29, 0.717) is 5.41 Å². The monoisotopic (exact) mass is 196 g/mol. The molecular formula is C12H24N2. The molecule has 0 aromatic rings. The van der Waals surface area contributed by atoms with Crippen LogP contribution >= 0.6 is 0 Å². The maximum absolute atomic E-state index is 5.89. The van der Waals surface area contributed by atoms with Crippen molar-refractivity contribution in [1.82, 2.24) is 5.32 Å². The van der Waals surface area contributed by atoms with Crippen molar-refractivity contribution in [3.63, 3.8) is 0 Å². The van der Waals surface area contributed by atoms with Gasteiger partial charge in [0.25, 0.3) is 0 Å². The second kappa shape index (κ2) is 4.19. The van der Waals surface area contributed by atoms with Gasteiger partial charge in [-0.05, 0) is 49.6 Å². The first-order chi connectivity index (χ1) is 6.76. The largest absolute Gasteiger partial charge is 0.330 e. The predicted molar refractivity (Wildman–Crippen MR) is 60.1 cm³/mol. The molecule has 0 aliphatic heterocycles. The molecule has 0 heterocycles. The van der Waals surface area contributed by atoms with Crippen LogP contribution in [0.15, 0.2) is 0 Å². The molecule has 0 bridgehead atoms. The lowest BCUT2D eigenvalue weighted by molar-refractivity contribution is 0.289. The van der Waals surface area contributed by atoms with Crippen LogP contribution in [0.5, 0.6) is 0 Å². The quantitative estimate of drug-likeness (QED) is 0.703. The van der Waals surface area contributed by atoms with Crippen molar-refractivity contribution in [3.05, 3.63) is 0 Å². The summed E-state index contributed by atoms with van der Waals surface area (Å²) in [5.41, 5.74) is 6.35. The molecule has 0 spiro atoms. The van der Waals surface area contributed by atoms with Gasteiger partial charge in [-0.25, -0.2) is 0 Å². The highest BCUT2D eigenvalue weighted by molar-refractivity contribution is 4.89. The van der Waals surface area contributed by atoms with Gasteiger partial charge in [-0.15, -0.1) is 0 Å². The zero-order valence-electron chi connectivity index (χ0n) is 9.39. The van der Waals surface area contributed by atoms with Crippen LogP contribution in [0.3, 0.4) is 0 Å². The van der Waals surface area contributed by atoms with E-state index in [4.69, 9.17) is 5.73 Å². The van der Waals surface area contributed by atoms with Gasteiger partial charge < -0.3 is 11.1 Å². The molecule has 2 unspecified atom stereocenters. The summed E-state index contributed by atoms with van der Waals surface area (Å²) >= 11 is 0. The maximum atomic E-state index is 5.89. The fourth-order valence-corrected chi connectivity index (χ4v) is 2.78. The molecule has 2 aliphatic carbocycles. The molecule has 2 nitrogen and oxygen atoms in total. The minimum atomic E-state index is 0.456. The fourth-order valence-electron chi connectivity index (χ4n) is 2.78. The third kappa shape index (κ3) is 2.29. The van der Waals surface area contributed by atoms with Crippen LogP contribution < -0.4 is 11.1 Å². The summed E-state index contributed by atoms with van der Waals surface area (Å²) < 4.78 is 0. The first kappa shape index (κ1) is 10.4. The van der Waals surface area contributed by atoms with Crippen LogP contribution in [0.1, 0.15) is 39.0 Å². The van der Waals surface area contributed by atoms with Crippen LogP contribution in [0.4, 0.5) is 0 Å². The summed E-state index contributed by atoms with van der Waals surface area (Å²) in [6, 6.07) is 0. The van der Waals surface area contributed by atoms with E-state index in [1.54, 1.807) is 0 Å². The van der Waals surface area contributed by atoms with Gasteiger partial charge in [0.1, 0.15) is 0 Å². The number of hydrogen-bond donors (Lipinski definition) is 2. The second-order valence-corrected chi connectivity index (χ2v) is 5.52. The maximum Gasteiger partial charge on any atom is 0.00200 e. The third-order valence-corrected chi connectivity index (χ3v) is 4.28. The molecule has 0 saturated heterocycles. The molecule has 2 rings (SSSR count). The van der Waals surface area contributed by atoms with E-state index in [1.807, 2.05) is 0 Å². The van der Waals surface area contributed by atoms with Gasteiger partial charge in [0.05, 0.1) is 0 Å². The lowest BCUT2D eigenvalue weighted by Gasteiger charge is -2.27. The molecule has 82 valence electrons. The Kier molecular flexibility index (Phi) is 3.13. The van der Waals surface area contributed by atoms with E-state index in [0.717, 1.165) is 24.9 Å². The minimum absolute atomic E-state index is 0.456. The van der Waals surface area contributed by atoms with Crippen LogP contribution in [-0.4, -0.2) is 19.6 Å². The summed E-state index contributed by atoms with van der Waals surface area (Å²) in [6.45, 7) is 5.61. The summed E-state index contributed by atoms with van der Waals surface area (Å²) in [5, 5.41) is 3.63. The first-order valence-electron chi connectivity index (χ1n) is 6.16. The molecule has 2 atom stereocenters. The van der Waals surface area contributed by atoms with E-state index < -0.39 is 0 Å². The SMILES string of the molecule is CC1CC1CNCC1(CN)CCCC1. The minimum Gasteiger partial charge on any atom is -0.330 e. The molecule has 2 aliphatic rings. The Balaban J connectivity index is 1.67. The highest BCUT2D eigenvalue weighted by Gasteiger charge is 2.35. The molecule has 0 amide bonds. The Bertz CT molecular complexity index is 185. The average Bonchev–Trinajstić information content (AvgIpc) is 2.71. The topological polar surface area (TPSA) is 38.0 Å². The molecule has 14 heavy (non-hydrogen) atoms. The van der Waals surface area contributed by atoms with Crippen molar-refractivity contribution in [1.29, 1.82) is 0 Å². The Morgan fingerprint density at radius 3 is 2.50 bits per heavy atom. The molecular weight excluding hydrogens is 172 g/mol. The number of rotatable bonds is 5. The van der Waals surface area contributed by atoms with Crippen LogP contribution in [-0.2, 0) is 0 Å². The van der Waals surface area contributed by atoms with Crippen LogP contribution in [0.2, 0.25) is 0 Å². The van der Waals surface area contributed by atoms with Gasteiger partial charge in [-0.2, -0.15) is 0 Å². The zero-order chi connectivity index (χ0) is 10.0. The molecule has 0 aromatic heterocycles. The fraction of sp³-hybridized carbons (Fsp3) is 1.00. The van der Waals surface area contributed by atoms with Crippen LogP contribution in [0, 0.1) is 17.3 Å². The van der Waals surface area contributed by atoms with Crippen LogP contribution in [0.25, 0.3) is 0 Å². The van der Waals surface area contributed by atoms with Gasteiger partial charge in [-0.1, -0.05) is 19.8 Å². The zero-order valence-corrected chi connectivity index (χ0v) is 9.39. The van der Waals surface area contributed by atoms with E-state index in [9.17, 15) is 0 Å². The molecule has 0 radical (unpaired) electrons. The van der Waals surface area contributed by atoms with Gasteiger partial charge in [0.2, 0.25) is 0 Å². The van der Waals surface area contributed by atoms with Crippen molar-refractivity contribution in [2.24, 2.45) is 23.0 Å². The normalized spacial score (nSPS) is 34.7. The molecule has 2 fully saturated rings. The summed E-state index contributed by atoms with van der Waals surface area (Å²) in [4.78, 5) is 0. The first-order valence-corrected chi connectivity index (χ1v) is 6.16. The standard InChI is InChI=1S/C12H24N2/c1-10-6-11(10)7-14-9-12(8-13)4-2-3-5-12/h10-11,14H,2-9,13H2,1H3. The summed E-state index contributed by atoms with van der Waals surface area (Å²) in [7, 11) is 0. The van der Waals surface area contributed by atoms with Crippen molar-refractivity contribution < 1.29 is 0 Å². The highest BCUT2D eigenvalue weighted by Crippen LogP contribution is 2.38. The van der Waals surface area contributed by atoms with Crippen molar-refractivity contribution in [3.8, 4) is 0 Å². The van der Waals surface area contributed by atoms with Gasteiger partial charge in [0, 0.05) is 6.54 Å². The predicted octanol–water partition coefficient (Wildman–Crippen LogP) is 1.75. The van der Waals surface area contributed by atoms with Crippen molar-refractivity contribution in [2.75, 3.05) is 19.6 Å². The molecule has 2 saturated carbocycles. The van der Waals surface area contributed by atoms with Gasteiger partial charge in [-0.3, -0.25) is 0 Å². The Labute approximate surface area is 87.6 Å². The Hall–Kier alpha value is -0.0800. The Morgan fingerprint density at radius 2 is 2.00 bits per heavy atom. The number of hydrogen-bond acceptors (Lipinski definition) is 2. The molecule has 3 N–H and O–H groups in total. The molecule has 2 heteroatoms. The lowest BCUT2D eigenvalue weighted by atomic mass is 9.86. The average molecular weight is 196 g/mol. The van der Waals surface area contributed by atoms with E-state index in [2.05, 4.69) is 12.2 Å². The van der Waals surface area contributed by atoms with Crippen molar-refractivity contribution >= 4 is 0 Å². The third-order valence-electron chi connectivity index (χ3n) is 4.28. The van der Waals surface area contributed by atoms with E-state index in [-0.39, 0.29) is 0 Å². The Morgan fingerprint density at radius 1 is 1.36 bits per heavy atom. The van der Waals surface area contributed by atoms with Crippen molar-refractivity contribution in [2.45, 2.75) is 39.0 Å². The lowest BCUT2D eigenvalue weighted by Crippen LogP contribution is -2.39. The number of nitrogens with one attached hydrogen (secondary N) is 1.